The Balaban J connectivity index is 1.01. The van der Waals surface area contributed by atoms with Gasteiger partial charge < -0.3 is 4.90 Å². The van der Waals surface area contributed by atoms with Crippen molar-refractivity contribution in [1.82, 2.24) is 0 Å². The number of allylic oxidation sites excluding steroid dienone is 4. The molecule has 0 saturated carbocycles. The van der Waals surface area contributed by atoms with Crippen LogP contribution in [0.1, 0.15) is 16.7 Å². The first-order valence-electron chi connectivity index (χ1n) is 24.1. The number of nitrogens with zero attached hydrogens (tertiary/aromatic N) is 1. The van der Waals surface area contributed by atoms with Crippen molar-refractivity contribution in [2.75, 3.05) is 4.90 Å². The number of benzene rings is 11. The van der Waals surface area contributed by atoms with Gasteiger partial charge in [-0.2, -0.15) is 0 Å². The van der Waals surface area contributed by atoms with Crippen molar-refractivity contribution in [2.45, 2.75) is 5.41 Å². The summed E-state index contributed by atoms with van der Waals surface area (Å²) in [6.07, 6.45) is 6.02. The summed E-state index contributed by atoms with van der Waals surface area (Å²) in [5, 5.41) is 4.99. The first-order valence-corrected chi connectivity index (χ1v) is 24.1. The van der Waals surface area contributed by atoms with Gasteiger partial charge in [-0.15, -0.1) is 0 Å². The third-order valence-electron chi connectivity index (χ3n) is 14.3. The van der Waals surface area contributed by atoms with Gasteiger partial charge in [-0.1, -0.05) is 256 Å². The van der Waals surface area contributed by atoms with Crippen molar-refractivity contribution in [1.29, 1.82) is 0 Å². The van der Waals surface area contributed by atoms with Gasteiger partial charge in [-0.3, -0.25) is 0 Å². The Kier molecular flexibility index (Phi) is 10.8. The molecule has 0 saturated heterocycles. The topological polar surface area (TPSA) is 3.24 Å². The maximum atomic E-state index is 4.39. The number of para-hydroxylation sites is 1. The zero-order chi connectivity index (χ0) is 47.0. The minimum Gasteiger partial charge on any atom is -0.310 e. The molecule has 0 bridgehead atoms. The first-order chi connectivity index (χ1) is 34.6. The molecular weight excluding hydrogens is 843 g/mol. The van der Waals surface area contributed by atoms with Crippen LogP contribution >= 0.6 is 0 Å². The molecule has 1 unspecified atom stereocenters. The van der Waals surface area contributed by atoms with Gasteiger partial charge in [-0.25, -0.2) is 0 Å². The third-order valence-corrected chi connectivity index (χ3v) is 14.3. The molecule has 12 rings (SSSR count). The predicted octanol–water partition coefficient (Wildman–Crippen LogP) is 18.7. The molecule has 1 heteroatoms. The van der Waals surface area contributed by atoms with E-state index in [1.807, 2.05) is 12.2 Å². The summed E-state index contributed by atoms with van der Waals surface area (Å²) in [5.41, 5.74) is 19.3. The number of hydrogen-bond acceptors (Lipinski definition) is 1. The van der Waals surface area contributed by atoms with Crippen LogP contribution in [0, 0.1) is 0 Å². The molecule has 1 nitrogen and oxygen atoms in total. The number of anilines is 3. The van der Waals surface area contributed by atoms with E-state index in [4.69, 9.17) is 0 Å². The molecule has 330 valence electrons. The Bertz CT molecular complexity index is 3770. The molecule has 0 radical (unpaired) electrons. The zero-order valence-electron chi connectivity index (χ0n) is 38.8. The fourth-order valence-corrected chi connectivity index (χ4v) is 11.2. The van der Waals surface area contributed by atoms with Gasteiger partial charge in [0.15, 0.2) is 0 Å². The summed E-state index contributed by atoms with van der Waals surface area (Å²) < 4.78 is 0. The summed E-state index contributed by atoms with van der Waals surface area (Å²) in [5.74, 6) is 0. The summed E-state index contributed by atoms with van der Waals surface area (Å²) >= 11 is 0. The molecule has 0 aliphatic heterocycles. The van der Waals surface area contributed by atoms with Gasteiger partial charge >= 0.3 is 0 Å². The van der Waals surface area contributed by atoms with Crippen molar-refractivity contribution < 1.29 is 0 Å². The van der Waals surface area contributed by atoms with Crippen molar-refractivity contribution in [3.8, 4) is 55.6 Å². The van der Waals surface area contributed by atoms with E-state index in [0.717, 1.165) is 33.8 Å². The van der Waals surface area contributed by atoms with E-state index in [9.17, 15) is 0 Å². The van der Waals surface area contributed by atoms with E-state index in [0.29, 0.717) is 0 Å². The van der Waals surface area contributed by atoms with E-state index < -0.39 is 5.41 Å². The van der Waals surface area contributed by atoms with Crippen molar-refractivity contribution in [3.63, 3.8) is 0 Å². The lowest BCUT2D eigenvalue weighted by atomic mass is 9.67. The number of rotatable bonds is 11. The summed E-state index contributed by atoms with van der Waals surface area (Å²) in [6.45, 7) is 8.56. The minimum atomic E-state index is -0.603. The second kappa shape index (κ2) is 17.9. The summed E-state index contributed by atoms with van der Waals surface area (Å²) in [7, 11) is 0. The molecule has 0 spiro atoms. The highest BCUT2D eigenvalue weighted by Gasteiger charge is 2.47. The molecule has 0 fully saturated rings. The largest absolute Gasteiger partial charge is 0.310 e. The van der Waals surface area contributed by atoms with Gasteiger partial charge in [0.25, 0.3) is 0 Å². The van der Waals surface area contributed by atoms with Crippen LogP contribution < -0.4 is 4.90 Å². The average Bonchev–Trinajstić information content (AvgIpc) is 3.74. The highest BCUT2D eigenvalue weighted by atomic mass is 15.1. The molecular formula is C69H49N. The molecule has 11 aromatic carbocycles. The Morgan fingerprint density at radius 3 is 1.41 bits per heavy atom. The fraction of sp³-hybridized carbons (Fsp3) is 0.0145. The Labute approximate surface area is 410 Å². The average molecular weight is 892 g/mol. The number of hydrogen-bond donors (Lipinski definition) is 0. The van der Waals surface area contributed by atoms with E-state index >= 15 is 0 Å². The predicted molar refractivity (Wildman–Crippen MR) is 298 cm³/mol. The molecule has 0 heterocycles. The van der Waals surface area contributed by atoms with Crippen molar-refractivity contribution >= 4 is 38.6 Å². The maximum Gasteiger partial charge on any atom is 0.0713 e. The van der Waals surface area contributed by atoms with Crippen LogP contribution in [0.4, 0.5) is 17.1 Å². The highest BCUT2D eigenvalue weighted by molar-refractivity contribution is 6.01. The Morgan fingerprint density at radius 2 is 0.800 bits per heavy atom. The van der Waals surface area contributed by atoms with Gasteiger partial charge in [0.2, 0.25) is 0 Å². The Morgan fingerprint density at radius 1 is 0.357 bits per heavy atom. The van der Waals surface area contributed by atoms with Crippen LogP contribution in [0.15, 0.2) is 292 Å². The molecule has 0 N–H and O–H groups in total. The third kappa shape index (κ3) is 7.02. The lowest BCUT2D eigenvalue weighted by Crippen LogP contribution is -2.29. The maximum absolute atomic E-state index is 4.39. The van der Waals surface area contributed by atoms with Crippen LogP contribution in [0.3, 0.4) is 0 Å². The van der Waals surface area contributed by atoms with Gasteiger partial charge in [0.05, 0.1) is 11.1 Å². The highest BCUT2D eigenvalue weighted by Crippen LogP contribution is 2.59. The van der Waals surface area contributed by atoms with E-state index in [2.05, 4.69) is 279 Å². The monoisotopic (exact) mass is 891 g/mol. The second-order valence-electron chi connectivity index (χ2n) is 18.0. The lowest BCUT2D eigenvalue weighted by Gasteiger charge is -2.34. The minimum absolute atomic E-state index is 0.603. The Hall–Kier alpha value is -9.04. The van der Waals surface area contributed by atoms with E-state index in [1.54, 1.807) is 0 Å². The van der Waals surface area contributed by atoms with Gasteiger partial charge in [0.1, 0.15) is 0 Å². The molecule has 1 atom stereocenters. The molecule has 0 aromatic heterocycles. The van der Waals surface area contributed by atoms with Gasteiger partial charge in [-0.05, 0) is 124 Å². The SMILES string of the molecule is C=C/C=C(\C=C)C1(c2ccccc2)c2ccccc2-c2c(-c3ccccc3N(c3ccc(-c4ccc(-c5cccc6ccccc56)cc4)cc3)c3ccc(-c4cccc5ccccc45)cc3)cccc21. The molecule has 1 aliphatic rings. The van der Waals surface area contributed by atoms with Crippen molar-refractivity contribution in [2.24, 2.45) is 0 Å². The number of fused-ring (bicyclic) bond motifs is 5. The van der Waals surface area contributed by atoms with Crippen LogP contribution in [0.5, 0.6) is 0 Å². The standard InChI is InChI=1S/C69H49N/c1-3-19-54(4-2)69(55-24-6-5-7-25-55)65-33-14-12-29-64(65)68-63(32-18-34-66(68)69)62-28-13-15-35-67(62)70(57-46-42-53(43-47-57)61-31-17-23-51-21-9-11-27-59(51)61)56-44-40-49(41-45-56)48-36-38-52(39-37-48)60-30-16-22-50-20-8-10-26-58(50)60/h3-47H,1-2H2/b54-19+. The van der Waals surface area contributed by atoms with E-state index in [-0.39, 0.29) is 0 Å². The molecule has 11 aromatic rings. The normalized spacial score (nSPS) is 14.0. The molecule has 1 aliphatic carbocycles. The lowest BCUT2D eigenvalue weighted by molar-refractivity contribution is 0.767. The smallest absolute Gasteiger partial charge is 0.0713 e. The summed E-state index contributed by atoms with van der Waals surface area (Å²) in [6, 6.07) is 93.0. The van der Waals surface area contributed by atoms with Crippen LogP contribution in [-0.2, 0) is 5.41 Å². The quantitative estimate of drug-likeness (QED) is 0.117. The summed E-state index contributed by atoms with van der Waals surface area (Å²) in [4.78, 5) is 2.42. The van der Waals surface area contributed by atoms with Crippen LogP contribution in [0.25, 0.3) is 77.2 Å². The van der Waals surface area contributed by atoms with Crippen molar-refractivity contribution in [3.05, 3.63) is 308 Å². The van der Waals surface area contributed by atoms with Crippen LogP contribution in [0.2, 0.25) is 0 Å². The fourth-order valence-electron chi connectivity index (χ4n) is 11.2. The first kappa shape index (κ1) is 42.3. The molecule has 0 amide bonds. The molecule has 70 heavy (non-hydrogen) atoms. The zero-order valence-corrected chi connectivity index (χ0v) is 38.8. The van der Waals surface area contributed by atoms with Crippen LogP contribution in [-0.4, -0.2) is 0 Å². The van der Waals surface area contributed by atoms with E-state index in [1.165, 1.54) is 82.7 Å². The second-order valence-corrected chi connectivity index (χ2v) is 18.0. The van der Waals surface area contributed by atoms with Gasteiger partial charge in [0, 0.05) is 16.9 Å².